The van der Waals surface area contributed by atoms with Gasteiger partial charge in [0.05, 0.1) is 0 Å². The molecule has 0 heterocycles. The Balaban J connectivity index is 1.70. The van der Waals surface area contributed by atoms with Crippen LogP contribution in [0.25, 0.3) is 0 Å². The Labute approximate surface area is 221 Å². The molecule has 0 aromatic heterocycles. The molecule has 0 unspecified atom stereocenters. The standard InChI is InChI=1S/3C10H9O2.Rh/c3*11-7-6-10(12)8-9-4-2-1-3-5-9;/h3*1-5H,6,8H2;. The van der Waals surface area contributed by atoms with Crippen LogP contribution in [0, 0.1) is 0 Å². The van der Waals surface area contributed by atoms with Gasteiger partial charge >= 0.3 is 221 Å². The Kier molecular flexibility index (Phi) is 10.7. The predicted octanol–water partition coefficient (Wildman–Crippen LogP) is 3.79. The van der Waals surface area contributed by atoms with Crippen LogP contribution in [0.1, 0.15) is 36.0 Å². The molecule has 0 aliphatic carbocycles. The molecule has 0 saturated carbocycles. The number of benzene rings is 3. The van der Waals surface area contributed by atoms with E-state index in [1.165, 1.54) is 0 Å². The average molecular weight is 586 g/mol. The number of hydrogen-bond donors (Lipinski definition) is 0. The molecular weight excluding hydrogens is 559 g/mol. The first-order valence-electron chi connectivity index (χ1n) is 11.7. The zero-order chi connectivity index (χ0) is 26.6. The fraction of sp³-hybridized carbons (Fsp3) is 0.200. The second-order valence-corrected chi connectivity index (χ2v) is 12.3. The summed E-state index contributed by atoms with van der Waals surface area (Å²) in [5, 5.41) is 0. The Morgan fingerprint density at radius 3 is 0.892 bits per heavy atom. The first-order chi connectivity index (χ1) is 17.8. The molecule has 7 heteroatoms. The summed E-state index contributed by atoms with van der Waals surface area (Å²) in [6.45, 7) is 0. The van der Waals surface area contributed by atoms with Gasteiger partial charge < -0.3 is 0 Å². The average Bonchev–Trinajstić information content (AvgIpc) is 2.85. The molecule has 6 nitrogen and oxygen atoms in total. The zero-order valence-electron chi connectivity index (χ0n) is 20.2. The van der Waals surface area contributed by atoms with E-state index in [0.29, 0.717) is 16.7 Å². The molecule has 3 aromatic carbocycles. The Morgan fingerprint density at radius 2 is 0.649 bits per heavy atom. The molecule has 192 valence electrons. The van der Waals surface area contributed by atoms with Crippen LogP contribution in [-0.4, -0.2) is 30.5 Å². The minimum atomic E-state index is -3.47. The third-order valence-electron chi connectivity index (χ3n) is 5.27. The van der Waals surface area contributed by atoms with Crippen LogP contribution < -0.4 is 0 Å². The second-order valence-electron chi connectivity index (χ2n) is 8.37. The van der Waals surface area contributed by atoms with Crippen molar-refractivity contribution >= 4 is 30.5 Å². The van der Waals surface area contributed by atoms with E-state index in [9.17, 15) is 28.8 Å². The Morgan fingerprint density at radius 1 is 0.405 bits per heavy atom. The second kappa shape index (κ2) is 14.1. The van der Waals surface area contributed by atoms with Crippen LogP contribution in [0.4, 0.5) is 0 Å². The van der Waals surface area contributed by atoms with Gasteiger partial charge in [0.1, 0.15) is 0 Å². The van der Waals surface area contributed by atoms with Gasteiger partial charge in [-0.15, -0.1) is 0 Å². The van der Waals surface area contributed by atoms with Gasteiger partial charge in [0.25, 0.3) is 0 Å². The topological polar surface area (TPSA) is 102 Å². The fourth-order valence-electron chi connectivity index (χ4n) is 3.58. The summed E-state index contributed by atoms with van der Waals surface area (Å²) >= 11 is -3.47. The SMILES string of the molecule is O=C(C[C](=O)[Rh]([C](=O)CC(=O)Cc1ccccc1)[C](=O)CC(=O)Cc1ccccc1)Cc1ccccc1. The van der Waals surface area contributed by atoms with Gasteiger partial charge in [-0.1, -0.05) is 0 Å². The Hall–Kier alpha value is -3.70. The molecule has 37 heavy (non-hydrogen) atoms. The predicted molar refractivity (Wildman–Crippen MR) is 134 cm³/mol. The van der Waals surface area contributed by atoms with Crippen molar-refractivity contribution in [3.8, 4) is 0 Å². The van der Waals surface area contributed by atoms with Crippen LogP contribution in [0.15, 0.2) is 91.0 Å². The Bertz CT molecular complexity index is 1110. The number of hydrogen-bond acceptors (Lipinski definition) is 6. The van der Waals surface area contributed by atoms with Crippen LogP contribution in [0.5, 0.6) is 0 Å². The van der Waals surface area contributed by atoms with Gasteiger partial charge in [-0.2, -0.15) is 0 Å². The quantitative estimate of drug-likeness (QED) is 0.199. The van der Waals surface area contributed by atoms with Crippen LogP contribution in [0.2, 0.25) is 0 Å². The summed E-state index contributed by atoms with van der Waals surface area (Å²) in [4.78, 5) is 76.9. The van der Waals surface area contributed by atoms with Crippen molar-refractivity contribution in [1.29, 1.82) is 0 Å². The monoisotopic (exact) mass is 586 g/mol. The molecule has 0 fully saturated rings. The van der Waals surface area contributed by atoms with E-state index >= 15 is 0 Å². The van der Waals surface area contributed by atoms with E-state index in [2.05, 4.69) is 0 Å². The molecule has 0 bridgehead atoms. The van der Waals surface area contributed by atoms with E-state index in [0.717, 1.165) is 0 Å². The third-order valence-corrected chi connectivity index (χ3v) is 8.89. The summed E-state index contributed by atoms with van der Waals surface area (Å²) in [6.07, 6.45) is -1.73. The molecule has 0 spiro atoms. The van der Waals surface area contributed by atoms with Gasteiger partial charge in [0.15, 0.2) is 0 Å². The molecule has 0 amide bonds. The maximum atomic E-state index is 13.1. The molecule has 0 aliphatic heterocycles. The number of ketones is 3. The molecule has 3 rings (SSSR count). The van der Waals surface area contributed by atoms with Crippen molar-refractivity contribution in [2.75, 3.05) is 0 Å². The van der Waals surface area contributed by atoms with E-state index in [4.69, 9.17) is 0 Å². The number of rotatable bonds is 15. The zero-order valence-corrected chi connectivity index (χ0v) is 21.8. The molecule has 0 aliphatic rings. The van der Waals surface area contributed by atoms with Crippen molar-refractivity contribution in [2.24, 2.45) is 0 Å². The molecule has 0 N–H and O–H groups in total. The fourth-order valence-corrected chi connectivity index (χ4v) is 6.95. The van der Waals surface area contributed by atoms with Crippen molar-refractivity contribution in [3.05, 3.63) is 108 Å². The summed E-state index contributed by atoms with van der Waals surface area (Å²) in [5.74, 6) is -1.26. The number of carbonyl (C=O) groups is 6. The first-order valence-corrected chi connectivity index (χ1v) is 14.2. The van der Waals surface area contributed by atoms with Gasteiger partial charge in [0, 0.05) is 0 Å². The van der Waals surface area contributed by atoms with Crippen molar-refractivity contribution < 1.29 is 44.7 Å². The molecule has 0 atom stereocenters. The third kappa shape index (κ3) is 9.36. The number of carbonyl (C=O) groups excluding carboxylic acids is 6. The van der Waals surface area contributed by atoms with E-state index in [1.54, 1.807) is 91.0 Å². The normalized spacial score (nSPS) is 10.9. The summed E-state index contributed by atoms with van der Waals surface area (Å²) in [6, 6.07) is 26.5. The van der Waals surface area contributed by atoms with Crippen LogP contribution in [0.3, 0.4) is 0 Å². The summed E-state index contributed by atoms with van der Waals surface area (Å²) in [7, 11) is 0. The van der Waals surface area contributed by atoms with Crippen LogP contribution in [-0.2, 0) is 64.0 Å². The summed E-state index contributed by atoms with van der Waals surface area (Å²) in [5.41, 5.74) is 2.14. The van der Waals surface area contributed by atoms with E-state index < -0.39 is 65.7 Å². The van der Waals surface area contributed by atoms with Gasteiger partial charge in [-0.25, -0.2) is 0 Å². The van der Waals surface area contributed by atoms with Gasteiger partial charge in [-0.05, 0) is 0 Å². The molecule has 0 radical (unpaired) electrons. The van der Waals surface area contributed by atoms with Crippen molar-refractivity contribution in [1.82, 2.24) is 0 Å². The summed E-state index contributed by atoms with van der Waals surface area (Å²) < 4.78 is -2.25. The van der Waals surface area contributed by atoms with E-state index in [1.807, 2.05) is 0 Å². The van der Waals surface area contributed by atoms with Crippen molar-refractivity contribution in [3.63, 3.8) is 0 Å². The van der Waals surface area contributed by atoms with Gasteiger partial charge in [-0.3, -0.25) is 0 Å². The van der Waals surface area contributed by atoms with Crippen molar-refractivity contribution in [2.45, 2.75) is 38.5 Å². The number of Topliss-reactive ketones (excluding diaryl/α,β-unsaturated/α-hetero) is 3. The molecular formula is C30H27O6Rh. The van der Waals surface area contributed by atoms with Gasteiger partial charge in [0.2, 0.25) is 0 Å². The maximum absolute atomic E-state index is 13.1. The first kappa shape index (κ1) is 27.9. The molecule has 0 saturated heterocycles. The minimum absolute atomic E-state index is 0.00543. The van der Waals surface area contributed by atoms with E-state index in [-0.39, 0.29) is 19.3 Å². The van der Waals surface area contributed by atoms with Crippen LogP contribution >= 0.6 is 0 Å². The molecule has 3 aromatic rings.